The maximum Gasteiger partial charge on any atom is 0.186 e. The van der Waals surface area contributed by atoms with Crippen LogP contribution in [0.2, 0.25) is 0 Å². The normalized spacial score (nSPS) is 21.1. The smallest absolute Gasteiger partial charge is 0.186 e. The highest BCUT2D eigenvalue weighted by atomic mass is 19.1. The molecule has 0 spiro atoms. The fraction of sp³-hybridized carbons (Fsp3) is 0.214. The Morgan fingerprint density at radius 2 is 2.10 bits per heavy atom. The van der Waals surface area contributed by atoms with E-state index in [2.05, 4.69) is 15.2 Å². The first-order valence-corrected chi connectivity index (χ1v) is 6.38. The quantitative estimate of drug-likeness (QED) is 0.718. The molecule has 0 radical (unpaired) electrons. The van der Waals surface area contributed by atoms with Crippen LogP contribution >= 0.6 is 0 Å². The molecule has 0 aliphatic carbocycles. The van der Waals surface area contributed by atoms with Crippen molar-refractivity contribution in [1.82, 2.24) is 19.9 Å². The molecule has 5 nitrogen and oxygen atoms in total. The van der Waals surface area contributed by atoms with Crippen molar-refractivity contribution in [3.05, 3.63) is 54.2 Å². The minimum Gasteiger partial charge on any atom is -0.364 e. The summed E-state index contributed by atoms with van der Waals surface area (Å²) in [5, 5.41) is 8.03. The van der Waals surface area contributed by atoms with Crippen LogP contribution in [0.1, 0.15) is 30.0 Å². The van der Waals surface area contributed by atoms with Crippen LogP contribution in [0.3, 0.4) is 0 Å². The maximum absolute atomic E-state index is 14.1. The molecular weight excluding hydrogens is 259 g/mol. The molecule has 0 fully saturated rings. The zero-order chi connectivity index (χ0) is 13.5. The summed E-state index contributed by atoms with van der Waals surface area (Å²) in [6.07, 6.45) is 2.26. The predicted molar refractivity (Wildman–Crippen MR) is 68.6 cm³/mol. The Balaban J connectivity index is 1.79. The van der Waals surface area contributed by atoms with Crippen LogP contribution in [0, 0.1) is 0 Å². The van der Waals surface area contributed by atoms with Crippen molar-refractivity contribution >= 4 is 0 Å². The molecule has 3 aromatic rings. The third-order valence-electron chi connectivity index (χ3n) is 3.54. The van der Waals surface area contributed by atoms with Gasteiger partial charge in [0, 0.05) is 6.42 Å². The van der Waals surface area contributed by atoms with Crippen LogP contribution in [0.5, 0.6) is 0 Å². The van der Waals surface area contributed by atoms with E-state index in [1.165, 1.54) is 12.5 Å². The van der Waals surface area contributed by atoms with Crippen molar-refractivity contribution < 1.29 is 8.91 Å². The summed E-state index contributed by atoms with van der Waals surface area (Å²) in [6.45, 7) is 0. The molecule has 0 amide bonds. The van der Waals surface area contributed by atoms with Crippen LogP contribution in [-0.4, -0.2) is 19.9 Å². The fourth-order valence-electron chi connectivity index (χ4n) is 2.57. The molecule has 100 valence electrons. The number of alkyl halides is 1. The number of rotatable bonds is 2. The van der Waals surface area contributed by atoms with Crippen molar-refractivity contribution in [2.24, 2.45) is 0 Å². The summed E-state index contributed by atoms with van der Waals surface area (Å²) in [5.41, 5.74) is 1.70. The van der Waals surface area contributed by atoms with Crippen LogP contribution in [0.25, 0.3) is 11.4 Å². The topological polar surface area (TPSA) is 56.7 Å². The van der Waals surface area contributed by atoms with Gasteiger partial charge in [0.1, 0.15) is 6.26 Å². The average molecular weight is 270 g/mol. The van der Waals surface area contributed by atoms with E-state index in [0.29, 0.717) is 23.6 Å². The first kappa shape index (κ1) is 11.3. The van der Waals surface area contributed by atoms with Crippen LogP contribution < -0.4 is 0 Å². The van der Waals surface area contributed by atoms with E-state index in [1.807, 2.05) is 30.3 Å². The first-order valence-electron chi connectivity index (χ1n) is 6.38. The van der Waals surface area contributed by atoms with E-state index in [-0.39, 0.29) is 6.04 Å². The Hall–Kier alpha value is -2.50. The summed E-state index contributed by atoms with van der Waals surface area (Å²) in [4.78, 5) is 4.27. The van der Waals surface area contributed by atoms with Crippen molar-refractivity contribution in [1.29, 1.82) is 0 Å². The second kappa shape index (κ2) is 4.26. The molecule has 0 N–H and O–H groups in total. The van der Waals surface area contributed by atoms with Gasteiger partial charge in [0.2, 0.25) is 0 Å². The minimum absolute atomic E-state index is 0.109. The monoisotopic (exact) mass is 270 g/mol. The maximum atomic E-state index is 14.1. The van der Waals surface area contributed by atoms with Crippen molar-refractivity contribution in [2.45, 2.75) is 18.6 Å². The van der Waals surface area contributed by atoms with E-state index >= 15 is 0 Å². The van der Waals surface area contributed by atoms with E-state index < -0.39 is 6.17 Å². The van der Waals surface area contributed by atoms with Gasteiger partial charge in [0.25, 0.3) is 0 Å². The second-order valence-corrected chi connectivity index (χ2v) is 4.78. The number of hydrogen-bond acceptors (Lipinski definition) is 4. The molecule has 6 heteroatoms. The summed E-state index contributed by atoms with van der Waals surface area (Å²) in [6, 6.07) is 9.68. The Bertz CT molecular complexity index is 723. The van der Waals surface area contributed by atoms with Gasteiger partial charge in [-0.1, -0.05) is 35.5 Å². The molecule has 4 rings (SSSR count). The first-order chi connectivity index (χ1) is 9.83. The largest absolute Gasteiger partial charge is 0.364 e. The predicted octanol–water partition coefficient (Wildman–Crippen LogP) is 2.94. The number of benzene rings is 1. The third kappa shape index (κ3) is 1.65. The third-order valence-corrected chi connectivity index (χ3v) is 3.54. The number of fused-ring (bicyclic) bond motifs is 1. The average Bonchev–Trinajstić information content (AvgIpc) is 3.17. The zero-order valence-electron chi connectivity index (χ0n) is 10.5. The number of nitrogens with zero attached hydrogens (tertiary/aromatic N) is 4. The van der Waals surface area contributed by atoms with Crippen LogP contribution in [0.15, 0.2) is 47.3 Å². The molecular formula is C14H11FN4O. The molecule has 1 aromatic carbocycles. The molecule has 3 heterocycles. The van der Waals surface area contributed by atoms with Crippen LogP contribution in [0.4, 0.5) is 4.39 Å². The highest BCUT2D eigenvalue weighted by Gasteiger charge is 2.35. The van der Waals surface area contributed by atoms with E-state index in [0.717, 1.165) is 5.56 Å². The molecule has 0 saturated carbocycles. The summed E-state index contributed by atoms with van der Waals surface area (Å²) in [7, 11) is 0. The van der Waals surface area contributed by atoms with Gasteiger partial charge in [-0.15, -0.1) is 5.10 Å². The number of aromatic nitrogens is 4. The molecule has 1 aliphatic heterocycles. The minimum atomic E-state index is -1.10. The van der Waals surface area contributed by atoms with Crippen molar-refractivity contribution in [3.63, 3.8) is 0 Å². The van der Waals surface area contributed by atoms with Gasteiger partial charge in [0.05, 0.1) is 17.8 Å². The van der Waals surface area contributed by atoms with Crippen molar-refractivity contribution in [3.8, 4) is 11.4 Å². The van der Waals surface area contributed by atoms with Gasteiger partial charge in [-0.05, 0) is 5.56 Å². The fourth-order valence-corrected chi connectivity index (χ4v) is 2.57. The standard InChI is InChI=1S/C14H11FN4O/c15-11-6-12(9-4-2-1-3-5-9)19-14(11)17-13(18-19)10-7-16-20-8-10/h1-5,7-8,11-12H,6H2. The Morgan fingerprint density at radius 3 is 2.85 bits per heavy atom. The molecule has 0 bridgehead atoms. The lowest BCUT2D eigenvalue weighted by Gasteiger charge is -2.11. The zero-order valence-corrected chi connectivity index (χ0v) is 10.5. The van der Waals surface area contributed by atoms with E-state index in [4.69, 9.17) is 4.52 Å². The summed E-state index contributed by atoms with van der Waals surface area (Å²) in [5.74, 6) is 0.819. The van der Waals surface area contributed by atoms with Crippen LogP contribution in [-0.2, 0) is 0 Å². The van der Waals surface area contributed by atoms with Gasteiger partial charge < -0.3 is 4.52 Å². The molecule has 20 heavy (non-hydrogen) atoms. The summed E-state index contributed by atoms with van der Waals surface area (Å²) >= 11 is 0. The Kier molecular flexibility index (Phi) is 2.42. The van der Waals surface area contributed by atoms with Gasteiger partial charge in [-0.25, -0.2) is 14.1 Å². The highest BCUT2D eigenvalue weighted by Crippen LogP contribution is 2.40. The van der Waals surface area contributed by atoms with Gasteiger partial charge in [-0.2, -0.15) is 0 Å². The summed E-state index contributed by atoms with van der Waals surface area (Å²) < 4.78 is 20.6. The number of halogens is 1. The van der Waals surface area contributed by atoms with E-state index in [9.17, 15) is 4.39 Å². The lowest BCUT2D eigenvalue weighted by molar-refractivity contribution is 0.329. The number of hydrogen-bond donors (Lipinski definition) is 0. The molecule has 1 aliphatic rings. The lowest BCUT2D eigenvalue weighted by atomic mass is 10.0. The molecule has 2 atom stereocenters. The lowest BCUT2D eigenvalue weighted by Crippen LogP contribution is -2.07. The Morgan fingerprint density at radius 1 is 1.25 bits per heavy atom. The van der Waals surface area contributed by atoms with Gasteiger partial charge >= 0.3 is 0 Å². The highest BCUT2D eigenvalue weighted by molar-refractivity contribution is 5.51. The van der Waals surface area contributed by atoms with Gasteiger partial charge in [0.15, 0.2) is 17.8 Å². The second-order valence-electron chi connectivity index (χ2n) is 4.78. The van der Waals surface area contributed by atoms with Gasteiger partial charge in [-0.3, -0.25) is 0 Å². The molecule has 2 aromatic heterocycles. The molecule has 2 unspecified atom stereocenters. The molecule has 0 saturated heterocycles. The van der Waals surface area contributed by atoms with Crippen molar-refractivity contribution in [2.75, 3.05) is 0 Å². The van der Waals surface area contributed by atoms with E-state index in [1.54, 1.807) is 4.68 Å². The Labute approximate surface area is 114 Å². The SMILES string of the molecule is FC1CC(c2ccccc2)n2nc(-c3cnoc3)nc21.